The van der Waals surface area contributed by atoms with Crippen molar-refractivity contribution in [2.75, 3.05) is 11.3 Å². The number of hydrogen-bond donors (Lipinski definition) is 2. The molecule has 98 valence electrons. The largest absolute Gasteiger partial charge is 0.355 e. The SMILES string of the molecule is NCC#Cc1ccc(Cl)c(NS(=O)(=O)C(F)F)c1. The van der Waals surface area contributed by atoms with E-state index >= 15 is 0 Å². The first-order valence-electron chi connectivity index (χ1n) is 4.65. The van der Waals surface area contributed by atoms with Gasteiger partial charge in [0.05, 0.1) is 17.3 Å². The Kier molecular flexibility index (Phi) is 4.90. The van der Waals surface area contributed by atoms with Crippen LogP contribution in [-0.2, 0) is 10.0 Å². The zero-order valence-electron chi connectivity index (χ0n) is 8.95. The molecular weight excluding hydrogens is 286 g/mol. The Morgan fingerprint density at radius 2 is 2.11 bits per heavy atom. The summed E-state index contributed by atoms with van der Waals surface area (Å²) >= 11 is 5.70. The Labute approximate surface area is 108 Å². The molecule has 3 N–H and O–H groups in total. The average molecular weight is 295 g/mol. The van der Waals surface area contributed by atoms with Crippen molar-refractivity contribution in [3.05, 3.63) is 28.8 Å². The number of anilines is 1. The van der Waals surface area contributed by atoms with Gasteiger partial charge in [0.15, 0.2) is 0 Å². The highest BCUT2D eigenvalue weighted by atomic mass is 35.5. The fraction of sp³-hybridized carbons (Fsp3) is 0.200. The van der Waals surface area contributed by atoms with Crippen LogP contribution in [0.4, 0.5) is 14.5 Å². The predicted molar refractivity (Wildman–Crippen MR) is 65.9 cm³/mol. The van der Waals surface area contributed by atoms with Gasteiger partial charge in [0.25, 0.3) is 10.0 Å². The first-order valence-corrected chi connectivity index (χ1v) is 6.57. The maximum Gasteiger partial charge on any atom is 0.355 e. The van der Waals surface area contributed by atoms with E-state index in [0.29, 0.717) is 5.56 Å². The molecule has 0 heterocycles. The maximum absolute atomic E-state index is 12.2. The number of benzene rings is 1. The molecule has 0 spiro atoms. The molecule has 1 aromatic carbocycles. The Morgan fingerprint density at radius 1 is 1.44 bits per heavy atom. The van der Waals surface area contributed by atoms with Gasteiger partial charge in [0, 0.05) is 5.56 Å². The van der Waals surface area contributed by atoms with Crippen molar-refractivity contribution in [3.8, 4) is 11.8 Å². The first kappa shape index (κ1) is 14.7. The molecule has 8 heteroatoms. The van der Waals surface area contributed by atoms with Gasteiger partial charge in [-0.15, -0.1) is 0 Å². The molecule has 0 aliphatic carbocycles. The second kappa shape index (κ2) is 6.00. The molecule has 0 atom stereocenters. The monoisotopic (exact) mass is 294 g/mol. The number of halogens is 3. The van der Waals surface area contributed by atoms with Gasteiger partial charge in [-0.2, -0.15) is 8.78 Å². The summed E-state index contributed by atoms with van der Waals surface area (Å²) in [7, 11) is -4.75. The third kappa shape index (κ3) is 3.84. The average Bonchev–Trinajstić information content (AvgIpc) is 2.29. The summed E-state index contributed by atoms with van der Waals surface area (Å²) in [4.78, 5) is 0. The van der Waals surface area contributed by atoms with Crippen LogP contribution in [0.25, 0.3) is 0 Å². The van der Waals surface area contributed by atoms with E-state index in [4.69, 9.17) is 17.3 Å². The highest BCUT2D eigenvalue weighted by Gasteiger charge is 2.24. The van der Waals surface area contributed by atoms with E-state index in [2.05, 4.69) is 11.8 Å². The Balaban J connectivity index is 3.09. The van der Waals surface area contributed by atoms with Crippen LogP contribution in [0.2, 0.25) is 5.02 Å². The summed E-state index contributed by atoms with van der Waals surface area (Å²) in [6.07, 6.45) is 0. The highest BCUT2D eigenvalue weighted by molar-refractivity contribution is 7.93. The fourth-order valence-corrected chi connectivity index (χ4v) is 1.82. The quantitative estimate of drug-likeness (QED) is 0.832. The van der Waals surface area contributed by atoms with Gasteiger partial charge in [0.2, 0.25) is 0 Å². The zero-order chi connectivity index (χ0) is 13.8. The summed E-state index contributed by atoms with van der Waals surface area (Å²) in [5, 5.41) is -0.00229. The lowest BCUT2D eigenvalue weighted by molar-refractivity contribution is 0.236. The molecule has 18 heavy (non-hydrogen) atoms. The van der Waals surface area contributed by atoms with E-state index in [1.54, 1.807) is 4.72 Å². The third-order valence-corrected chi connectivity index (χ3v) is 3.09. The standard InChI is InChI=1S/C10H9ClF2N2O2S/c11-8-4-3-7(2-1-5-14)6-9(8)15-18(16,17)10(12)13/h3-4,6,10,15H,5,14H2. The van der Waals surface area contributed by atoms with Crippen LogP contribution in [0.3, 0.4) is 0 Å². The molecule has 0 unspecified atom stereocenters. The summed E-state index contributed by atoms with van der Waals surface area (Å²) in [5.41, 5.74) is 5.44. The number of alkyl halides is 2. The van der Waals surface area contributed by atoms with Crippen LogP contribution in [0.15, 0.2) is 18.2 Å². The third-order valence-electron chi connectivity index (χ3n) is 1.79. The van der Waals surface area contributed by atoms with Crippen molar-refractivity contribution in [1.82, 2.24) is 0 Å². The number of nitrogens with one attached hydrogen (secondary N) is 1. The predicted octanol–water partition coefficient (Wildman–Crippen LogP) is 1.61. The van der Waals surface area contributed by atoms with Crippen LogP contribution < -0.4 is 10.5 Å². The van der Waals surface area contributed by atoms with Gasteiger partial charge in [-0.05, 0) is 18.2 Å². The van der Waals surface area contributed by atoms with Crippen LogP contribution >= 0.6 is 11.6 Å². The molecule has 0 amide bonds. The molecule has 0 bridgehead atoms. The van der Waals surface area contributed by atoms with Crippen molar-refractivity contribution in [2.45, 2.75) is 5.76 Å². The van der Waals surface area contributed by atoms with Gasteiger partial charge in [-0.1, -0.05) is 23.4 Å². The molecule has 1 rings (SSSR count). The summed E-state index contributed by atoms with van der Waals surface area (Å²) in [6, 6.07) is 4.13. The van der Waals surface area contributed by atoms with Crippen molar-refractivity contribution < 1.29 is 17.2 Å². The molecule has 0 fully saturated rings. The van der Waals surface area contributed by atoms with Gasteiger partial charge in [0.1, 0.15) is 0 Å². The first-order chi connectivity index (χ1) is 8.36. The lowest BCUT2D eigenvalue weighted by Crippen LogP contribution is -2.20. The minimum absolute atomic E-state index is 0.00229. The van der Waals surface area contributed by atoms with Gasteiger partial charge in [-0.25, -0.2) is 8.42 Å². The van der Waals surface area contributed by atoms with Crippen LogP contribution in [0, 0.1) is 11.8 Å². The number of sulfonamides is 1. The summed E-state index contributed by atoms with van der Waals surface area (Å²) in [5.74, 6) is 1.64. The van der Waals surface area contributed by atoms with Crippen LogP contribution in [0.5, 0.6) is 0 Å². The maximum atomic E-state index is 12.2. The molecule has 0 aromatic heterocycles. The van der Waals surface area contributed by atoms with Gasteiger partial charge >= 0.3 is 5.76 Å². The van der Waals surface area contributed by atoms with E-state index in [1.807, 2.05) is 0 Å². The second-order valence-electron chi connectivity index (χ2n) is 3.11. The minimum Gasteiger partial charge on any atom is -0.320 e. The van der Waals surface area contributed by atoms with E-state index in [9.17, 15) is 17.2 Å². The summed E-state index contributed by atoms with van der Waals surface area (Å²) < 4.78 is 48.1. The lowest BCUT2D eigenvalue weighted by Gasteiger charge is -2.08. The van der Waals surface area contributed by atoms with Gasteiger partial charge < -0.3 is 5.73 Å². The minimum atomic E-state index is -4.75. The lowest BCUT2D eigenvalue weighted by atomic mass is 10.2. The molecule has 1 aromatic rings. The second-order valence-corrected chi connectivity index (χ2v) is 5.17. The molecule has 4 nitrogen and oxygen atoms in total. The molecule has 0 radical (unpaired) electrons. The molecule has 0 saturated heterocycles. The smallest absolute Gasteiger partial charge is 0.320 e. The molecule has 0 saturated carbocycles. The van der Waals surface area contributed by atoms with Crippen molar-refractivity contribution in [1.29, 1.82) is 0 Å². The molecular formula is C10H9ClF2N2O2S. The molecule has 0 aliphatic rings. The Bertz CT molecular complexity index is 594. The van der Waals surface area contributed by atoms with Crippen molar-refractivity contribution in [3.63, 3.8) is 0 Å². The fourth-order valence-electron chi connectivity index (χ4n) is 1.03. The normalized spacial score (nSPS) is 10.9. The van der Waals surface area contributed by atoms with Gasteiger partial charge in [-0.3, -0.25) is 4.72 Å². The van der Waals surface area contributed by atoms with E-state index in [-0.39, 0.29) is 17.3 Å². The Hall–Kier alpha value is -1.36. The number of hydrogen-bond acceptors (Lipinski definition) is 3. The topological polar surface area (TPSA) is 72.2 Å². The number of nitrogens with two attached hydrogens (primary N) is 1. The van der Waals surface area contributed by atoms with Crippen LogP contribution in [-0.4, -0.2) is 20.7 Å². The summed E-state index contributed by atoms with van der Waals surface area (Å²) in [6.45, 7) is 0.126. The van der Waals surface area contributed by atoms with E-state index in [0.717, 1.165) is 0 Å². The number of rotatable bonds is 3. The Morgan fingerprint density at radius 3 is 2.67 bits per heavy atom. The van der Waals surface area contributed by atoms with Crippen molar-refractivity contribution in [2.24, 2.45) is 5.73 Å². The van der Waals surface area contributed by atoms with E-state index in [1.165, 1.54) is 18.2 Å². The van der Waals surface area contributed by atoms with Crippen molar-refractivity contribution >= 4 is 27.3 Å². The molecule has 0 aliphatic heterocycles. The highest BCUT2D eigenvalue weighted by Crippen LogP contribution is 2.25. The van der Waals surface area contributed by atoms with Crippen LogP contribution in [0.1, 0.15) is 5.56 Å². The zero-order valence-corrected chi connectivity index (χ0v) is 10.5. The van der Waals surface area contributed by atoms with E-state index < -0.39 is 15.8 Å².